The fourth-order valence-corrected chi connectivity index (χ4v) is 1.65. The normalized spacial score (nSPS) is 9.58. The van der Waals surface area contributed by atoms with Crippen LogP contribution < -0.4 is 11.1 Å². The molecule has 2 aromatic carbocycles. The lowest BCUT2D eigenvalue weighted by atomic mass is 10.1. The summed E-state index contributed by atoms with van der Waals surface area (Å²) in [4.78, 5) is 11.9. The van der Waals surface area contributed by atoms with E-state index in [0.717, 1.165) is 5.56 Å². The Bertz CT molecular complexity index is 538. The van der Waals surface area contributed by atoms with Crippen molar-refractivity contribution in [3.63, 3.8) is 0 Å². The van der Waals surface area contributed by atoms with Crippen LogP contribution in [0.25, 0.3) is 0 Å². The van der Waals surface area contributed by atoms with Gasteiger partial charge in [-0.3, -0.25) is 4.79 Å². The Morgan fingerprint density at radius 1 is 1.05 bits per heavy atom. The molecule has 19 heavy (non-hydrogen) atoms. The second-order valence-electron chi connectivity index (χ2n) is 3.86. The highest BCUT2D eigenvalue weighted by atomic mass is 35.5. The van der Waals surface area contributed by atoms with Gasteiger partial charge in [0.25, 0.3) is 5.91 Å². The van der Waals surface area contributed by atoms with Gasteiger partial charge in [0.2, 0.25) is 0 Å². The molecule has 3 nitrogen and oxygen atoms in total. The van der Waals surface area contributed by atoms with Crippen LogP contribution in [-0.4, -0.2) is 5.91 Å². The Morgan fingerprint density at radius 2 is 1.63 bits per heavy atom. The van der Waals surface area contributed by atoms with Gasteiger partial charge in [0.1, 0.15) is 0 Å². The zero-order valence-corrected chi connectivity index (χ0v) is 11.7. The van der Waals surface area contributed by atoms with Crippen LogP contribution in [0.2, 0.25) is 5.02 Å². The van der Waals surface area contributed by atoms with Crippen molar-refractivity contribution < 1.29 is 4.79 Å². The minimum Gasteiger partial charge on any atom is -0.326 e. The van der Waals surface area contributed by atoms with E-state index in [0.29, 0.717) is 22.8 Å². The smallest absolute Gasteiger partial charge is 0.255 e. The van der Waals surface area contributed by atoms with Crippen molar-refractivity contribution in [2.24, 2.45) is 5.73 Å². The Labute approximate surface area is 123 Å². The fourth-order valence-electron chi connectivity index (χ4n) is 1.53. The molecular formula is C14H14Cl2N2O. The summed E-state index contributed by atoms with van der Waals surface area (Å²) >= 11 is 5.77. The number of nitrogens with two attached hydrogens (primary N) is 1. The molecule has 0 unspecified atom stereocenters. The fraction of sp³-hybridized carbons (Fsp3) is 0.0714. The summed E-state index contributed by atoms with van der Waals surface area (Å²) in [6, 6.07) is 14.2. The summed E-state index contributed by atoms with van der Waals surface area (Å²) in [6.45, 7) is 0.471. The van der Waals surface area contributed by atoms with Gasteiger partial charge in [-0.05, 0) is 42.0 Å². The van der Waals surface area contributed by atoms with E-state index in [9.17, 15) is 4.79 Å². The lowest BCUT2D eigenvalue weighted by Crippen LogP contribution is -2.11. The molecule has 0 aromatic heterocycles. The molecule has 2 aromatic rings. The highest BCUT2D eigenvalue weighted by molar-refractivity contribution is 6.30. The number of rotatable bonds is 3. The van der Waals surface area contributed by atoms with Crippen LogP contribution in [0, 0.1) is 0 Å². The number of anilines is 1. The molecule has 100 valence electrons. The van der Waals surface area contributed by atoms with Gasteiger partial charge in [-0.2, -0.15) is 0 Å². The van der Waals surface area contributed by atoms with Gasteiger partial charge in [0.05, 0.1) is 0 Å². The third kappa shape index (κ3) is 4.24. The zero-order chi connectivity index (χ0) is 13.0. The number of amides is 1. The first-order valence-corrected chi connectivity index (χ1v) is 5.93. The summed E-state index contributed by atoms with van der Waals surface area (Å²) in [5.41, 5.74) is 7.81. The van der Waals surface area contributed by atoms with E-state index in [4.69, 9.17) is 17.3 Å². The average molecular weight is 297 g/mol. The summed E-state index contributed by atoms with van der Waals surface area (Å²) in [5.74, 6) is -0.152. The van der Waals surface area contributed by atoms with Crippen molar-refractivity contribution >= 4 is 35.6 Å². The van der Waals surface area contributed by atoms with Gasteiger partial charge in [0.15, 0.2) is 0 Å². The first kappa shape index (κ1) is 15.5. The summed E-state index contributed by atoms with van der Waals surface area (Å²) in [6.07, 6.45) is 0. The molecule has 0 saturated carbocycles. The molecule has 5 heteroatoms. The lowest BCUT2D eigenvalue weighted by molar-refractivity contribution is 0.102. The summed E-state index contributed by atoms with van der Waals surface area (Å²) in [7, 11) is 0. The van der Waals surface area contributed by atoms with E-state index in [-0.39, 0.29) is 18.3 Å². The SMILES string of the molecule is Cl.NCc1ccc(C(=O)Nc2ccc(Cl)cc2)cc1. The Kier molecular flexibility index (Phi) is 5.83. The maximum absolute atomic E-state index is 11.9. The number of nitrogens with one attached hydrogen (secondary N) is 1. The van der Waals surface area contributed by atoms with Gasteiger partial charge >= 0.3 is 0 Å². The standard InChI is InChI=1S/C14H13ClN2O.ClH/c15-12-5-7-13(8-6-12)17-14(18)11-3-1-10(9-16)2-4-11;/h1-8H,9,16H2,(H,17,18);1H. The first-order chi connectivity index (χ1) is 8.69. The minimum atomic E-state index is -0.152. The number of hydrogen-bond acceptors (Lipinski definition) is 2. The molecule has 0 radical (unpaired) electrons. The number of benzene rings is 2. The number of carbonyl (C=O) groups is 1. The topological polar surface area (TPSA) is 55.1 Å². The molecule has 0 aliphatic rings. The van der Waals surface area contributed by atoms with Crippen molar-refractivity contribution in [1.82, 2.24) is 0 Å². The van der Waals surface area contributed by atoms with Crippen LogP contribution >= 0.6 is 24.0 Å². The molecule has 0 spiro atoms. The molecule has 0 aliphatic heterocycles. The summed E-state index contributed by atoms with van der Waals surface area (Å²) in [5, 5.41) is 3.43. The maximum atomic E-state index is 11.9. The highest BCUT2D eigenvalue weighted by Crippen LogP contribution is 2.14. The molecule has 0 atom stereocenters. The van der Waals surface area contributed by atoms with Crippen molar-refractivity contribution in [3.8, 4) is 0 Å². The Morgan fingerprint density at radius 3 is 2.16 bits per heavy atom. The second kappa shape index (κ2) is 7.14. The molecule has 2 rings (SSSR count). The van der Waals surface area contributed by atoms with E-state index >= 15 is 0 Å². The van der Waals surface area contributed by atoms with Crippen LogP contribution in [0.15, 0.2) is 48.5 Å². The van der Waals surface area contributed by atoms with Crippen molar-refractivity contribution in [3.05, 3.63) is 64.7 Å². The predicted octanol–water partition coefficient (Wildman–Crippen LogP) is 3.47. The van der Waals surface area contributed by atoms with Gasteiger partial charge in [0, 0.05) is 22.8 Å². The molecule has 1 amide bonds. The molecular weight excluding hydrogens is 283 g/mol. The molecule has 0 saturated heterocycles. The van der Waals surface area contributed by atoms with Crippen LogP contribution in [0.1, 0.15) is 15.9 Å². The third-order valence-electron chi connectivity index (χ3n) is 2.55. The van der Waals surface area contributed by atoms with Crippen molar-refractivity contribution in [2.45, 2.75) is 6.54 Å². The maximum Gasteiger partial charge on any atom is 0.255 e. The quantitative estimate of drug-likeness (QED) is 0.911. The number of carbonyl (C=O) groups excluding carboxylic acids is 1. The largest absolute Gasteiger partial charge is 0.326 e. The van der Waals surface area contributed by atoms with E-state index in [2.05, 4.69) is 5.32 Å². The second-order valence-corrected chi connectivity index (χ2v) is 4.30. The molecule has 0 fully saturated rings. The molecule has 0 bridgehead atoms. The Balaban J connectivity index is 0.00000180. The molecule has 0 aliphatic carbocycles. The van der Waals surface area contributed by atoms with Crippen LogP contribution in [0.4, 0.5) is 5.69 Å². The zero-order valence-electron chi connectivity index (χ0n) is 10.1. The first-order valence-electron chi connectivity index (χ1n) is 5.55. The number of hydrogen-bond donors (Lipinski definition) is 2. The summed E-state index contributed by atoms with van der Waals surface area (Å²) < 4.78 is 0. The van der Waals surface area contributed by atoms with Crippen LogP contribution in [0.3, 0.4) is 0 Å². The monoisotopic (exact) mass is 296 g/mol. The highest BCUT2D eigenvalue weighted by Gasteiger charge is 2.05. The third-order valence-corrected chi connectivity index (χ3v) is 2.81. The van der Waals surface area contributed by atoms with E-state index < -0.39 is 0 Å². The van der Waals surface area contributed by atoms with E-state index in [1.807, 2.05) is 12.1 Å². The minimum absolute atomic E-state index is 0. The van der Waals surface area contributed by atoms with E-state index in [1.54, 1.807) is 36.4 Å². The van der Waals surface area contributed by atoms with Crippen molar-refractivity contribution in [2.75, 3.05) is 5.32 Å². The van der Waals surface area contributed by atoms with E-state index in [1.165, 1.54) is 0 Å². The predicted molar refractivity (Wildman–Crippen MR) is 81.0 cm³/mol. The van der Waals surface area contributed by atoms with Gasteiger partial charge in [-0.1, -0.05) is 23.7 Å². The molecule has 0 heterocycles. The average Bonchev–Trinajstić information content (AvgIpc) is 2.41. The Hall–Kier alpha value is -1.55. The van der Waals surface area contributed by atoms with Gasteiger partial charge in [-0.25, -0.2) is 0 Å². The van der Waals surface area contributed by atoms with Gasteiger partial charge < -0.3 is 11.1 Å². The van der Waals surface area contributed by atoms with Gasteiger partial charge in [-0.15, -0.1) is 12.4 Å². The van der Waals surface area contributed by atoms with Crippen LogP contribution in [0.5, 0.6) is 0 Å². The molecule has 3 N–H and O–H groups in total. The number of halogens is 2. The van der Waals surface area contributed by atoms with Crippen LogP contribution in [-0.2, 0) is 6.54 Å². The lowest BCUT2D eigenvalue weighted by Gasteiger charge is -2.05. The van der Waals surface area contributed by atoms with Crippen molar-refractivity contribution in [1.29, 1.82) is 0 Å².